The fourth-order valence-corrected chi connectivity index (χ4v) is 5.29. The molecule has 2 aromatic carbocycles. The van der Waals surface area contributed by atoms with Gasteiger partial charge in [-0.2, -0.15) is 4.98 Å². The van der Waals surface area contributed by atoms with Gasteiger partial charge in [-0.1, -0.05) is 25.1 Å². The van der Waals surface area contributed by atoms with Crippen LogP contribution in [0.25, 0.3) is 22.0 Å². The number of hydrogen-bond donors (Lipinski definition) is 0. The molecule has 0 aliphatic carbocycles. The smallest absolute Gasteiger partial charge is 0.229 e. The van der Waals surface area contributed by atoms with Gasteiger partial charge in [0.15, 0.2) is 15.7 Å². The van der Waals surface area contributed by atoms with Gasteiger partial charge in [0.05, 0.1) is 10.9 Å². The first-order valence-electron chi connectivity index (χ1n) is 11.6. The quantitative estimate of drug-likeness (QED) is 0.373. The van der Waals surface area contributed by atoms with Crippen molar-refractivity contribution >= 4 is 26.6 Å². The zero-order valence-corrected chi connectivity index (χ0v) is 20.9. The maximum atomic E-state index is 15.1. The van der Waals surface area contributed by atoms with E-state index in [0.29, 0.717) is 47.3 Å². The van der Waals surface area contributed by atoms with Crippen LogP contribution in [0.2, 0.25) is 0 Å². The maximum absolute atomic E-state index is 15.1. The summed E-state index contributed by atoms with van der Waals surface area (Å²) in [6, 6.07) is 6.65. The van der Waals surface area contributed by atoms with E-state index >= 15 is 4.39 Å². The molecule has 1 aliphatic rings. The molecular weight excluding hydrogens is 488 g/mol. The molecular formula is C25H25F2N5O3S. The zero-order chi connectivity index (χ0) is 25.6. The van der Waals surface area contributed by atoms with Gasteiger partial charge in [-0.25, -0.2) is 27.2 Å². The van der Waals surface area contributed by atoms with Crippen molar-refractivity contribution in [1.82, 2.24) is 20.1 Å². The third-order valence-corrected chi connectivity index (χ3v) is 7.60. The second-order valence-corrected chi connectivity index (χ2v) is 11.3. The summed E-state index contributed by atoms with van der Waals surface area (Å²) in [6.07, 6.45) is 3.81. The molecule has 4 aromatic rings. The van der Waals surface area contributed by atoms with Crippen LogP contribution in [0.15, 0.2) is 46.1 Å². The molecule has 0 unspecified atom stereocenters. The van der Waals surface area contributed by atoms with E-state index in [0.717, 1.165) is 25.2 Å². The number of sulfone groups is 1. The number of fused-ring (bicyclic) bond motifs is 1. The van der Waals surface area contributed by atoms with Crippen LogP contribution in [0.3, 0.4) is 0 Å². The molecule has 8 nitrogen and oxygen atoms in total. The Labute approximate surface area is 207 Å². The van der Waals surface area contributed by atoms with E-state index in [2.05, 4.69) is 20.1 Å². The third kappa shape index (κ3) is 4.43. The normalized spacial score (nSPS) is 15.2. The van der Waals surface area contributed by atoms with Gasteiger partial charge < -0.3 is 9.42 Å². The molecule has 2 aromatic heterocycles. The standard InChI is InChI=1S/C25H25F2N5O3S/c1-14(2)25-30-23(31-35-25)15-8-10-32(11-9-15)24-21-18(26)6-5-17(22(21)28-13-29-24)16-4-7-20(19(27)12-16)36(3,33)34/h4-7,12-15H,8-11H2,1-3H3. The van der Waals surface area contributed by atoms with Crippen molar-refractivity contribution in [1.29, 1.82) is 0 Å². The average Bonchev–Trinajstić information content (AvgIpc) is 3.34. The van der Waals surface area contributed by atoms with Gasteiger partial charge in [0, 0.05) is 36.7 Å². The summed E-state index contributed by atoms with van der Waals surface area (Å²) >= 11 is 0. The summed E-state index contributed by atoms with van der Waals surface area (Å²) in [4.78, 5) is 14.8. The van der Waals surface area contributed by atoms with Crippen LogP contribution in [0.1, 0.15) is 50.2 Å². The minimum absolute atomic E-state index is 0.141. The summed E-state index contributed by atoms with van der Waals surface area (Å²) in [7, 11) is -3.71. The molecule has 11 heteroatoms. The highest BCUT2D eigenvalue weighted by molar-refractivity contribution is 7.90. The highest BCUT2D eigenvalue weighted by Gasteiger charge is 2.28. The van der Waals surface area contributed by atoms with Crippen molar-refractivity contribution in [2.24, 2.45) is 0 Å². The lowest BCUT2D eigenvalue weighted by Gasteiger charge is -2.32. The molecule has 0 saturated carbocycles. The van der Waals surface area contributed by atoms with Crippen LogP contribution in [-0.2, 0) is 9.84 Å². The lowest BCUT2D eigenvalue weighted by molar-refractivity contribution is 0.353. The molecule has 1 saturated heterocycles. The second kappa shape index (κ2) is 9.20. The highest BCUT2D eigenvalue weighted by Crippen LogP contribution is 2.36. The average molecular weight is 514 g/mol. The van der Waals surface area contributed by atoms with Crippen molar-refractivity contribution in [3.8, 4) is 11.1 Å². The van der Waals surface area contributed by atoms with Crippen LogP contribution in [0.4, 0.5) is 14.6 Å². The molecule has 0 radical (unpaired) electrons. The summed E-state index contributed by atoms with van der Waals surface area (Å²) in [5.74, 6) is 0.713. The largest absolute Gasteiger partial charge is 0.356 e. The number of piperidine rings is 1. The van der Waals surface area contributed by atoms with Crippen LogP contribution in [-0.4, -0.2) is 47.9 Å². The first-order chi connectivity index (χ1) is 17.1. The van der Waals surface area contributed by atoms with Crippen molar-refractivity contribution < 1.29 is 21.7 Å². The van der Waals surface area contributed by atoms with Crippen molar-refractivity contribution in [3.63, 3.8) is 0 Å². The molecule has 0 spiro atoms. The molecule has 188 valence electrons. The van der Waals surface area contributed by atoms with Crippen LogP contribution < -0.4 is 4.90 Å². The molecule has 5 rings (SSSR count). The van der Waals surface area contributed by atoms with Gasteiger partial charge in [-0.05, 0) is 42.7 Å². The topological polar surface area (TPSA) is 102 Å². The van der Waals surface area contributed by atoms with E-state index in [1.54, 1.807) is 0 Å². The first kappa shape index (κ1) is 24.2. The SMILES string of the molecule is CC(C)c1nc(C2CCN(c3ncnc4c(-c5ccc(S(C)(=O)=O)c(F)c5)ccc(F)c34)CC2)no1. The molecule has 36 heavy (non-hydrogen) atoms. The third-order valence-electron chi connectivity index (χ3n) is 6.47. The van der Waals surface area contributed by atoms with Crippen molar-refractivity contribution in [2.45, 2.75) is 43.4 Å². The Morgan fingerprint density at radius 1 is 1.06 bits per heavy atom. The highest BCUT2D eigenvalue weighted by atomic mass is 32.2. The summed E-state index contributed by atoms with van der Waals surface area (Å²) < 4.78 is 58.7. The Kier molecular flexibility index (Phi) is 6.19. The van der Waals surface area contributed by atoms with E-state index < -0.39 is 26.4 Å². The Morgan fingerprint density at radius 2 is 1.81 bits per heavy atom. The van der Waals surface area contributed by atoms with Crippen LogP contribution >= 0.6 is 0 Å². The monoisotopic (exact) mass is 513 g/mol. The fraction of sp³-hybridized carbons (Fsp3) is 0.360. The van der Waals surface area contributed by atoms with Gasteiger partial charge in [-0.3, -0.25) is 0 Å². The number of hydrogen-bond acceptors (Lipinski definition) is 8. The summed E-state index contributed by atoms with van der Waals surface area (Å²) in [6.45, 7) is 5.22. The Bertz CT molecular complexity index is 1550. The van der Waals surface area contributed by atoms with E-state index in [1.807, 2.05) is 18.7 Å². The van der Waals surface area contributed by atoms with E-state index in [4.69, 9.17) is 4.52 Å². The molecule has 1 fully saturated rings. The number of nitrogens with zero attached hydrogens (tertiary/aromatic N) is 5. The van der Waals surface area contributed by atoms with E-state index in [1.165, 1.54) is 30.6 Å². The molecule has 1 aliphatic heterocycles. The van der Waals surface area contributed by atoms with E-state index in [-0.39, 0.29) is 17.2 Å². The Morgan fingerprint density at radius 3 is 2.44 bits per heavy atom. The van der Waals surface area contributed by atoms with Gasteiger partial charge in [0.2, 0.25) is 5.89 Å². The summed E-state index contributed by atoms with van der Waals surface area (Å²) in [5.41, 5.74) is 1.21. The van der Waals surface area contributed by atoms with Crippen LogP contribution in [0.5, 0.6) is 0 Å². The predicted octanol–water partition coefficient (Wildman–Crippen LogP) is 4.87. The lowest BCUT2D eigenvalue weighted by atomic mass is 9.95. The number of halogens is 2. The predicted molar refractivity (Wildman–Crippen MR) is 131 cm³/mol. The van der Waals surface area contributed by atoms with Gasteiger partial charge in [-0.15, -0.1) is 0 Å². The molecule has 0 atom stereocenters. The fourth-order valence-electron chi connectivity index (χ4n) is 4.56. The number of anilines is 1. The minimum atomic E-state index is -3.71. The molecule has 0 N–H and O–H groups in total. The first-order valence-corrected chi connectivity index (χ1v) is 13.5. The molecule has 0 amide bonds. The zero-order valence-electron chi connectivity index (χ0n) is 20.1. The van der Waals surface area contributed by atoms with Crippen LogP contribution in [0, 0.1) is 11.6 Å². The maximum Gasteiger partial charge on any atom is 0.229 e. The molecule has 0 bridgehead atoms. The number of rotatable bonds is 5. The van der Waals surface area contributed by atoms with Gasteiger partial charge in [0.25, 0.3) is 0 Å². The minimum Gasteiger partial charge on any atom is -0.356 e. The lowest BCUT2D eigenvalue weighted by Crippen LogP contribution is -2.34. The van der Waals surface area contributed by atoms with Crippen molar-refractivity contribution in [3.05, 3.63) is 60.0 Å². The Hall–Kier alpha value is -3.47. The van der Waals surface area contributed by atoms with E-state index in [9.17, 15) is 12.8 Å². The van der Waals surface area contributed by atoms with Crippen molar-refractivity contribution in [2.75, 3.05) is 24.2 Å². The second-order valence-electron chi connectivity index (χ2n) is 9.34. The Balaban J connectivity index is 1.47. The number of aromatic nitrogens is 4. The molecule has 3 heterocycles. The summed E-state index contributed by atoms with van der Waals surface area (Å²) in [5, 5.41) is 4.38. The van der Waals surface area contributed by atoms with Gasteiger partial charge >= 0.3 is 0 Å². The van der Waals surface area contributed by atoms with Gasteiger partial charge in [0.1, 0.15) is 28.7 Å². The number of benzene rings is 2.